The minimum absolute atomic E-state index is 0.148. The van der Waals surface area contributed by atoms with Crippen LogP contribution in [0.2, 0.25) is 0 Å². The number of nitrogens with zero attached hydrogens (tertiary/aromatic N) is 2. The predicted molar refractivity (Wildman–Crippen MR) is 46.0 cm³/mol. The lowest BCUT2D eigenvalue weighted by Gasteiger charge is -2.00. The Hall–Kier alpha value is -1.16. The van der Waals surface area contributed by atoms with Gasteiger partial charge in [-0.15, -0.1) is 11.6 Å². The maximum absolute atomic E-state index is 10.9. The third-order valence-corrected chi connectivity index (χ3v) is 1.34. The summed E-state index contributed by atoms with van der Waals surface area (Å²) in [6, 6.07) is 0. The Bertz CT molecular complexity index is 252. The molecule has 0 saturated heterocycles. The first-order chi connectivity index (χ1) is 5.83. The molecule has 0 aromatic carbocycles. The zero-order chi connectivity index (χ0) is 8.81. The summed E-state index contributed by atoms with van der Waals surface area (Å²) >= 11 is 5.37. The number of carbonyl (C=O) groups is 1. The third-order valence-electron chi connectivity index (χ3n) is 1.15. The van der Waals surface area contributed by atoms with Crippen LogP contribution in [0.15, 0.2) is 18.6 Å². The summed E-state index contributed by atoms with van der Waals surface area (Å²) in [5, 5.41) is 2.55. The number of carbonyl (C=O) groups excluding carboxylic acids is 1. The molecule has 1 rings (SSSR count). The lowest BCUT2D eigenvalue weighted by atomic mass is 10.4. The van der Waals surface area contributed by atoms with Gasteiger partial charge in [0.15, 0.2) is 5.82 Å². The molecule has 0 bridgehead atoms. The van der Waals surface area contributed by atoms with Gasteiger partial charge in [-0.3, -0.25) is 9.78 Å². The number of aromatic nitrogens is 2. The van der Waals surface area contributed by atoms with E-state index in [1.165, 1.54) is 18.6 Å². The van der Waals surface area contributed by atoms with Crippen LogP contribution in [0.25, 0.3) is 0 Å². The van der Waals surface area contributed by atoms with Gasteiger partial charge in [0.1, 0.15) is 0 Å². The molecule has 0 fully saturated rings. The van der Waals surface area contributed by atoms with Gasteiger partial charge in [-0.25, -0.2) is 4.98 Å². The van der Waals surface area contributed by atoms with Crippen molar-refractivity contribution in [1.82, 2.24) is 9.97 Å². The van der Waals surface area contributed by atoms with E-state index in [4.69, 9.17) is 11.6 Å². The van der Waals surface area contributed by atoms with E-state index in [0.717, 1.165) is 0 Å². The van der Waals surface area contributed by atoms with Crippen molar-refractivity contribution in [2.24, 2.45) is 0 Å². The molecule has 1 aromatic rings. The van der Waals surface area contributed by atoms with Crippen LogP contribution in [-0.2, 0) is 4.79 Å². The average molecular weight is 186 g/mol. The molecule has 0 saturated carbocycles. The summed E-state index contributed by atoms with van der Waals surface area (Å²) in [4.78, 5) is 18.6. The van der Waals surface area contributed by atoms with E-state index in [0.29, 0.717) is 11.7 Å². The summed E-state index contributed by atoms with van der Waals surface area (Å²) in [5.74, 6) is 0.615. The quantitative estimate of drug-likeness (QED) is 0.716. The van der Waals surface area contributed by atoms with Crippen molar-refractivity contribution in [2.75, 3.05) is 11.2 Å². The van der Waals surface area contributed by atoms with Crippen LogP contribution < -0.4 is 5.32 Å². The van der Waals surface area contributed by atoms with Crippen molar-refractivity contribution >= 4 is 23.3 Å². The van der Waals surface area contributed by atoms with Crippen LogP contribution in [-0.4, -0.2) is 21.8 Å². The lowest BCUT2D eigenvalue weighted by molar-refractivity contribution is -0.115. The predicted octanol–water partition coefficient (Wildman–Crippen LogP) is 1.04. The van der Waals surface area contributed by atoms with Crippen molar-refractivity contribution in [1.29, 1.82) is 0 Å². The van der Waals surface area contributed by atoms with Gasteiger partial charge in [0.05, 0.1) is 6.20 Å². The van der Waals surface area contributed by atoms with Gasteiger partial charge < -0.3 is 5.32 Å². The van der Waals surface area contributed by atoms with Crippen molar-refractivity contribution in [3.8, 4) is 0 Å². The van der Waals surface area contributed by atoms with Gasteiger partial charge in [0.2, 0.25) is 5.91 Å². The molecule has 1 N–H and O–H groups in total. The average Bonchev–Trinajstić information content (AvgIpc) is 2.06. The Kier molecular flexibility index (Phi) is 3.47. The molecule has 0 aliphatic heterocycles. The highest BCUT2D eigenvalue weighted by Crippen LogP contribution is 1.98. The van der Waals surface area contributed by atoms with Crippen LogP contribution in [0.1, 0.15) is 6.42 Å². The summed E-state index contributed by atoms with van der Waals surface area (Å²) < 4.78 is 0. The molecule has 1 amide bonds. The van der Waals surface area contributed by atoms with Crippen molar-refractivity contribution < 1.29 is 4.79 Å². The van der Waals surface area contributed by atoms with E-state index in [-0.39, 0.29) is 12.3 Å². The Morgan fingerprint density at radius 3 is 3.00 bits per heavy atom. The molecule has 0 aliphatic rings. The number of hydrogen-bond acceptors (Lipinski definition) is 3. The number of nitrogens with one attached hydrogen (secondary N) is 1. The molecule has 1 heterocycles. The number of amides is 1. The topological polar surface area (TPSA) is 54.9 Å². The maximum atomic E-state index is 10.9. The smallest absolute Gasteiger partial charge is 0.226 e. The highest BCUT2D eigenvalue weighted by Gasteiger charge is 2.00. The summed E-state index contributed by atoms with van der Waals surface area (Å²) in [7, 11) is 0. The normalized spacial score (nSPS) is 9.42. The van der Waals surface area contributed by atoms with Gasteiger partial charge in [-0.05, 0) is 0 Å². The second-order valence-electron chi connectivity index (χ2n) is 2.08. The van der Waals surface area contributed by atoms with E-state index in [9.17, 15) is 4.79 Å². The summed E-state index contributed by atoms with van der Waals surface area (Å²) in [5.41, 5.74) is 0. The molecule has 0 radical (unpaired) electrons. The maximum Gasteiger partial charge on any atom is 0.226 e. The van der Waals surface area contributed by atoms with E-state index >= 15 is 0 Å². The molecule has 1 aromatic heterocycles. The first-order valence-electron chi connectivity index (χ1n) is 3.45. The fourth-order valence-corrected chi connectivity index (χ4v) is 0.826. The largest absolute Gasteiger partial charge is 0.309 e. The fourth-order valence-electron chi connectivity index (χ4n) is 0.655. The summed E-state index contributed by atoms with van der Waals surface area (Å²) in [6.07, 6.45) is 4.82. The van der Waals surface area contributed by atoms with Gasteiger partial charge in [0, 0.05) is 24.7 Å². The number of halogens is 1. The molecule has 4 nitrogen and oxygen atoms in total. The van der Waals surface area contributed by atoms with Gasteiger partial charge in [-0.2, -0.15) is 0 Å². The van der Waals surface area contributed by atoms with Crippen molar-refractivity contribution in [3.05, 3.63) is 18.6 Å². The number of alkyl halides is 1. The van der Waals surface area contributed by atoms with E-state index in [1.807, 2.05) is 0 Å². The number of rotatable bonds is 3. The van der Waals surface area contributed by atoms with Crippen LogP contribution in [0.4, 0.5) is 5.82 Å². The van der Waals surface area contributed by atoms with Crippen molar-refractivity contribution in [3.63, 3.8) is 0 Å². The van der Waals surface area contributed by atoms with Gasteiger partial charge >= 0.3 is 0 Å². The number of anilines is 1. The zero-order valence-electron chi connectivity index (χ0n) is 6.33. The molecule has 64 valence electrons. The Labute approximate surface area is 75.0 Å². The molecule has 12 heavy (non-hydrogen) atoms. The second kappa shape index (κ2) is 4.66. The molecule has 0 aliphatic carbocycles. The highest BCUT2D eigenvalue weighted by molar-refractivity contribution is 6.19. The van der Waals surface area contributed by atoms with E-state index in [1.54, 1.807) is 0 Å². The van der Waals surface area contributed by atoms with Crippen LogP contribution >= 0.6 is 11.6 Å². The van der Waals surface area contributed by atoms with E-state index in [2.05, 4.69) is 15.3 Å². The van der Waals surface area contributed by atoms with Crippen LogP contribution in [0.3, 0.4) is 0 Å². The zero-order valence-corrected chi connectivity index (χ0v) is 7.08. The molecule has 5 heteroatoms. The first-order valence-corrected chi connectivity index (χ1v) is 3.98. The molecule has 0 unspecified atom stereocenters. The highest BCUT2D eigenvalue weighted by atomic mass is 35.5. The SMILES string of the molecule is O=C(CCCl)Nc1cnccn1. The Balaban J connectivity index is 2.47. The molecular formula is C7H8ClN3O. The molecule has 0 spiro atoms. The van der Waals surface area contributed by atoms with Crippen molar-refractivity contribution in [2.45, 2.75) is 6.42 Å². The van der Waals surface area contributed by atoms with Crippen LogP contribution in [0, 0.1) is 0 Å². The minimum atomic E-state index is -0.148. The standard InChI is InChI=1S/C7H8ClN3O/c8-2-1-7(12)11-6-5-9-3-4-10-6/h3-5H,1-2H2,(H,10,11,12). The third kappa shape index (κ3) is 2.84. The Morgan fingerprint density at radius 1 is 1.58 bits per heavy atom. The minimum Gasteiger partial charge on any atom is -0.309 e. The number of hydrogen-bond donors (Lipinski definition) is 1. The van der Waals surface area contributed by atoms with Crippen LogP contribution in [0.5, 0.6) is 0 Å². The van der Waals surface area contributed by atoms with Gasteiger partial charge in [-0.1, -0.05) is 0 Å². The van der Waals surface area contributed by atoms with E-state index < -0.39 is 0 Å². The lowest BCUT2D eigenvalue weighted by Crippen LogP contribution is -2.12. The van der Waals surface area contributed by atoms with Gasteiger partial charge in [0.25, 0.3) is 0 Å². The monoisotopic (exact) mass is 185 g/mol. The molecular weight excluding hydrogens is 178 g/mol. The first kappa shape index (κ1) is 8.93. The fraction of sp³-hybridized carbons (Fsp3) is 0.286. The summed E-state index contributed by atoms with van der Waals surface area (Å²) in [6.45, 7) is 0. The Morgan fingerprint density at radius 2 is 2.42 bits per heavy atom. The second-order valence-corrected chi connectivity index (χ2v) is 2.46. The molecule has 0 atom stereocenters.